The molecule has 0 atom stereocenters. The number of rotatable bonds is 8. The van der Waals surface area contributed by atoms with Crippen molar-refractivity contribution in [3.05, 3.63) is 114 Å². The molecule has 0 radical (unpaired) electrons. The van der Waals surface area contributed by atoms with Gasteiger partial charge >= 0.3 is 0 Å². The molecular formula is C25H21FO2. The molecule has 0 fully saturated rings. The molecule has 2 nitrogen and oxygen atoms in total. The second kappa shape index (κ2) is 9.47. The zero-order valence-corrected chi connectivity index (χ0v) is 15.5. The normalized spacial score (nSPS) is 10.8. The van der Waals surface area contributed by atoms with E-state index >= 15 is 0 Å². The molecule has 3 aromatic carbocycles. The smallest absolute Gasteiger partial charge is 0.185 e. The summed E-state index contributed by atoms with van der Waals surface area (Å²) >= 11 is 0. The minimum Gasteiger partial charge on any atom is -0.493 e. The lowest BCUT2D eigenvalue weighted by atomic mass is 10.1. The molecule has 3 rings (SSSR count). The second-order valence-electron chi connectivity index (χ2n) is 6.32. The Kier molecular flexibility index (Phi) is 6.53. The highest BCUT2D eigenvalue weighted by atomic mass is 19.1. The summed E-state index contributed by atoms with van der Waals surface area (Å²) in [4.78, 5) is 12.1. The van der Waals surface area contributed by atoms with Crippen molar-refractivity contribution in [2.75, 3.05) is 6.61 Å². The van der Waals surface area contributed by atoms with E-state index in [0.717, 1.165) is 28.9 Å². The van der Waals surface area contributed by atoms with E-state index in [1.54, 1.807) is 12.2 Å². The van der Waals surface area contributed by atoms with E-state index in [9.17, 15) is 9.18 Å². The summed E-state index contributed by atoms with van der Waals surface area (Å²) < 4.78 is 18.7. The van der Waals surface area contributed by atoms with E-state index in [1.165, 1.54) is 30.3 Å². The summed E-state index contributed by atoms with van der Waals surface area (Å²) in [5.74, 6) is 0.332. The van der Waals surface area contributed by atoms with E-state index in [1.807, 2.05) is 48.5 Å². The molecule has 0 unspecified atom stereocenters. The summed E-state index contributed by atoms with van der Waals surface area (Å²) in [5.41, 5.74) is 3.62. The Bertz CT molecular complexity index is 953. The first-order valence-corrected chi connectivity index (χ1v) is 9.06. The highest BCUT2D eigenvalue weighted by Crippen LogP contribution is 2.14. The van der Waals surface area contributed by atoms with Crippen molar-refractivity contribution in [1.29, 1.82) is 0 Å². The third kappa shape index (κ3) is 5.52. The van der Waals surface area contributed by atoms with Crippen LogP contribution in [0.25, 0.3) is 12.2 Å². The number of carbonyl (C=O) groups is 1. The van der Waals surface area contributed by atoms with Gasteiger partial charge in [0.05, 0.1) is 6.61 Å². The Labute approximate surface area is 164 Å². The first kappa shape index (κ1) is 19.3. The lowest BCUT2D eigenvalue weighted by Gasteiger charge is -2.07. The number of halogens is 1. The molecule has 0 aliphatic heterocycles. The Hall–Kier alpha value is -3.46. The van der Waals surface area contributed by atoms with Gasteiger partial charge in [-0.25, -0.2) is 4.39 Å². The van der Waals surface area contributed by atoms with Crippen LogP contribution < -0.4 is 4.74 Å². The zero-order valence-electron chi connectivity index (χ0n) is 15.5. The van der Waals surface area contributed by atoms with E-state index in [4.69, 9.17) is 4.74 Å². The monoisotopic (exact) mass is 372 g/mol. The number of benzene rings is 3. The van der Waals surface area contributed by atoms with E-state index < -0.39 is 0 Å². The van der Waals surface area contributed by atoms with Gasteiger partial charge in [-0.1, -0.05) is 55.1 Å². The third-order valence-electron chi connectivity index (χ3n) is 4.31. The lowest BCUT2D eigenvalue weighted by Crippen LogP contribution is -2.01. The summed E-state index contributed by atoms with van der Waals surface area (Å²) in [6, 6.07) is 21.3. The molecule has 28 heavy (non-hydrogen) atoms. The van der Waals surface area contributed by atoms with E-state index in [0.29, 0.717) is 12.2 Å². The quantitative estimate of drug-likeness (QED) is 0.359. The van der Waals surface area contributed by atoms with Crippen molar-refractivity contribution < 1.29 is 13.9 Å². The predicted octanol–water partition coefficient (Wildman–Crippen LogP) is 5.99. The number of hydrogen-bond acceptors (Lipinski definition) is 2. The van der Waals surface area contributed by atoms with Crippen molar-refractivity contribution >= 4 is 17.9 Å². The van der Waals surface area contributed by atoms with Crippen LogP contribution in [-0.2, 0) is 6.42 Å². The summed E-state index contributed by atoms with van der Waals surface area (Å²) in [6.45, 7) is 4.32. The summed E-state index contributed by atoms with van der Waals surface area (Å²) in [5, 5.41) is 0. The molecule has 0 aromatic heterocycles. The van der Waals surface area contributed by atoms with Gasteiger partial charge in [-0.2, -0.15) is 0 Å². The summed E-state index contributed by atoms with van der Waals surface area (Å²) in [7, 11) is 0. The lowest BCUT2D eigenvalue weighted by molar-refractivity contribution is 0.104. The highest BCUT2D eigenvalue weighted by molar-refractivity contribution is 6.06. The summed E-state index contributed by atoms with van der Waals surface area (Å²) in [6.07, 6.45) is 5.85. The number of ether oxygens (including phenoxy) is 1. The molecule has 0 saturated carbocycles. The number of allylic oxidation sites excluding steroid dienone is 1. The fourth-order valence-electron chi connectivity index (χ4n) is 2.66. The Morgan fingerprint density at radius 2 is 1.54 bits per heavy atom. The van der Waals surface area contributed by atoms with Crippen molar-refractivity contribution in [2.45, 2.75) is 6.42 Å². The van der Waals surface area contributed by atoms with Gasteiger partial charge in [0.25, 0.3) is 0 Å². The van der Waals surface area contributed by atoms with Gasteiger partial charge in [0.15, 0.2) is 5.78 Å². The molecule has 140 valence electrons. The van der Waals surface area contributed by atoms with E-state index in [-0.39, 0.29) is 11.6 Å². The Morgan fingerprint density at radius 3 is 2.18 bits per heavy atom. The Balaban J connectivity index is 1.50. The van der Waals surface area contributed by atoms with Gasteiger partial charge in [0, 0.05) is 12.0 Å². The van der Waals surface area contributed by atoms with Crippen molar-refractivity contribution in [3.8, 4) is 5.75 Å². The molecule has 0 bridgehead atoms. The highest BCUT2D eigenvalue weighted by Gasteiger charge is 2.02. The van der Waals surface area contributed by atoms with E-state index in [2.05, 4.69) is 6.58 Å². The first-order valence-electron chi connectivity index (χ1n) is 9.06. The zero-order chi connectivity index (χ0) is 19.8. The van der Waals surface area contributed by atoms with Crippen LogP contribution in [0.2, 0.25) is 0 Å². The van der Waals surface area contributed by atoms with Crippen LogP contribution in [0.15, 0.2) is 85.5 Å². The molecule has 0 N–H and O–H groups in total. The minimum absolute atomic E-state index is 0.153. The largest absolute Gasteiger partial charge is 0.493 e. The SMILES string of the molecule is C=Cc1ccc(OCCc2ccc(/C=C/C(=O)c3ccc(F)cc3)cc2)cc1. The molecule has 0 spiro atoms. The van der Waals surface area contributed by atoms with Crippen molar-refractivity contribution in [2.24, 2.45) is 0 Å². The van der Waals surface area contributed by atoms with Gasteiger partial charge in [0.2, 0.25) is 0 Å². The van der Waals surface area contributed by atoms with Crippen LogP contribution in [0.5, 0.6) is 5.75 Å². The Morgan fingerprint density at radius 1 is 0.893 bits per heavy atom. The van der Waals surface area contributed by atoms with Crippen LogP contribution >= 0.6 is 0 Å². The molecular weight excluding hydrogens is 351 g/mol. The maximum Gasteiger partial charge on any atom is 0.185 e. The second-order valence-corrected chi connectivity index (χ2v) is 6.32. The van der Waals surface area contributed by atoms with Crippen LogP contribution in [0, 0.1) is 5.82 Å². The van der Waals surface area contributed by atoms with Crippen molar-refractivity contribution in [3.63, 3.8) is 0 Å². The van der Waals surface area contributed by atoms with Gasteiger partial charge in [-0.15, -0.1) is 0 Å². The van der Waals surface area contributed by atoms with Gasteiger partial charge in [-0.05, 0) is 59.2 Å². The van der Waals surface area contributed by atoms with Crippen LogP contribution in [0.1, 0.15) is 27.0 Å². The fraction of sp³-hybridized carbons (Fsp3) is 0.0800. The maximum absolute atomic E-state index is 12.9. The molecule has 0 heterocycles. The molecule has 3 aromatic rings. The first-order chi connectivity index (χ1) is 13.6. The topological polar surface area (TPSA) is 26.3 Å². The standard InChI is InChI=1S/C25H21FO2/c1-2-19-7-14-24(15-8-19)28-18-17-21-5-3-20(4-6-21)9-16-25(27)22-10-12-23(26)13-11-22/h2-16H,1,17-18H2/b16-9+. The average Bonchev–Trinajstić information content (AvgIpc) is 2.74. The van der Waals surface area contributed by atoms with Crippen LogP contribution in [0.4, 0.5) is 4.39 Å². The molecule has 0 aliphatic rings. The third-order valence-corrected chi connectivity index (χ3v) is 4.31. The minimum atomic E-state index is -0.353. The number of carbonyl (C=O) groups excluding carboxylic acids is 1. The maximum atomic E-state index is 12.9. The fourth-order valence-corrected chi connectivity index (χ4v) is 2.66. The molecule has 0 amide bonds. The molecule has 0 aliphatic carbocycles. The van der Waals surface area contributed by atoms with Crippen molar-refractivity contribution in [1.82, 2.24) is 0 Å². The predicted molar refractivity (Wildman–Crippen MR) is 112 cm³/mol. The number of ketones is 1. The number of hydrogen-bond donors (Lipinski definition) is 0. The average molecular weight is 372 g/mol. The van der Waals surface area contributed by atoms with Gasteiger partial charge in [-0.3, -0.25) is 4.79 Å². The van der Waals surface area contributed by atoms with Gasteiger partial charge in [0.1, 0.15) is 11.6 Å². The van der Waals surface area contributed by atoms with Gasteiger partial charge < -0.3 is 4.74 Å². The van der Waals surface area contributed by atoms with Crippen LogP contribution in [0.3, 0.4) is 0 Å². The van der Waals surface area contributed by atoms with Crippen LogP contribution in [-0.4, -0.2) is 12.4 Å². The molecule has 3 heteroatoms. The molecule has 0 saturated heterocycles.